The summed E-state index contributed by atoms with van der Waals surface area (Å²) in [5, 5.41) is 3.55. The number of hydrogen-bond acceptors (Lipinski definition) is 3. The Kier molecular flexibility index (Phi) is 15.5. The number of halogens is 1. The van der Waals surface area contributed by atoms with Crippen LogP contribution in [0.2, 0.25) is 0 Å². The van der Waals surface area contributed by atoms with E-state index < -0.39 is 0 Å². The highest BCUT2D eigenvalue weighted by Crippen LogP contribution is 2.36. The van der Waals surface area contributed by atoms with Crippen LogP contribution >= 0.6 is 27.7 Å². The van der Waals surface area contributed by atoms with Crippen molar-refractivity contribution in [3.63, 3.8) is 0 Å². The first kappa shape index (κ1) is 28.8. The highest BCUT2D eigenvalue weighted by Gasteiger charge is 2.24. The van der Waals surface area contributed by atoms with Gasteiger partial charge in [-0.3, -0.25) is 4.99 Å². The van der Waals surface area contributed by atoms with Crippen molar-refractivity contribution < 1.29 is 0 Å². The third-order valence-electron chi connectivity index (χ3n) is 5.18. The number of amidine groups is 1. The molecular formula is C28H43BrN2S. The summed E-state index contributed by atoms with van der Waals surface area (Å²) in [7, 11) is 0. The number of hydrogen-bond donors (Lipinski definition) is 1. The van der Waals surface area contributed by atoms with E-state index in [1.165, 1.54) is 21.6 Å². The molecule has 0 saturated heterocycles. The van der Waals surface area contributed by atoms with Crippen LogP contribution in [0.1, 0.15) is 71.4 Å². The maximum absolute atomic E-state index is 4.81. The molecule has 2 nitrogen and oxygen atoms in total. The van der Waals surface area contributed by atoms with E-state index in [0.29, 0.717) is 10.7 Å². The van der Waals surface area contributed by atoms with Crippen LogP contribution in [0.4, 0.5) is 0 Å². The Bertz CT molecular complexity index is 779. The highest BCUT2D eigenvalue weighted by atomic mass is 79.9. The Morgan fingerprint density at radius 3 is 2.62 bits per heavy atom. The van der Waals surface area contributed by atoms with E-state index in [-0.39, 0.29) is 0 Å². The minimum atomic E-state index is 0.419. The number of rotatable bonds is 6. The van der Waals surface area contributed by atoms with Crippen LogP contribution in [-0.4, -0.2) is 29.5 Å². The normalized spacial score (nSPS) is 23.4. The molecule has 0 radical (unpaired) electrons. The van der Waals surface area contributed by atoms with Crippen LogP contribution in [0.3, 0.4) is 0 Å². The smallest absolute Gasteiger partial charge is 0.124 e. The second kappa shape index (κ2) is 17.2. The third-order valence-corrected chi connectivity index (χ3v) is 7.12. The number of allylic oxidation sites excluding steroid dienone is 4. The molecule has 0 fully saturated rings. The Morgan fingerprint density at radius 1 is 1.22 bits per heavy atom. The van der Waals surface area contributed by atoms with E-state index in [1.54, 1.807) is 0 Å². The lowest BCUT2D eigenvalue weighted by molar-refractivity contribution is 0.643. The monoisotopic (exact) mass is 518 g/mol. The van der Waals surface area contributed by atoms with Crippen LogP contribution in [0.25, 0.3) is 4.91 Å². The number of aliphatic imine (C=N–C) groups is 1. The zero-order chi connectivity index (χ0) is 23.8. The lowest BCUT2D eigenvalue weighted by Gasteiger charge is -2.27. The molecule has 4 heteroatoms. The van der Waals surface area contributed by atoms with Gasteiger partial charge >= 0.3 is 0 Å². The fourth-order valence-electron chi connectivity index (χ4n) is 3.71. The third kappa shape index (κ3) is 9.31. The summed E-state index contributed by atoms with van der Waals surface area (Å²) in [6.07, 6.45) is 13.6. The van der Waals surface area contributed by atoms with Crippen molar-refractivity contribution in [2.45, 2.75) is 72.1 Å². The molecule has 1 heterocycles. The van der Waals surface area contributed by atoms with Crippen molar-refractivity contribution >= 4 is 38.4 Å². The van der Waals surface area contributed by atoms with Crippen LogP contribution in [-0.2, 0) is 0 Å². The fraction of sp³-hybridized carbons (Fsp3) is 0.536. The quantitative estimate of drug-likeness (QED) is 0.301. The molecule has 178 valence electrons. The van der Waals surface area contributed by atoms with Crippen molar-refractivity contribution in [2.75, 3.05) is 18.8 Å². The van der Waals surface area contributed by atoms with Gasteiger partial charge in [0.1, 0.15) is 5.84 Å². The average molecular weight is 520 g/mol. The van der Waals surface area contributed by atoms with E-state index in [1.807, 2.05) is 39.5 Å². The molecule has 0 spiro atoms. The first-order chi connectivity index (χ1) is 15.7. The number of alkyl halides is 1. The molecular weight excluding hydrogens is 476 g/mol. The van der Waals surface area contributed by atoms with Crippen molar-refractivity contribution in [1.29, 1.82) is 0 Å². The first-order valence-electron chi connectivity index (χ1n) is 12.4. The van der Waals surface area contributed by atoms with Crippen molar-refractivity contribution in [2.24, 2.45) is 10.9 Å². The molecule has 2 unspecified atom stereocenters. The Morgan fingerprint density at radius 2 is 1.97 bits per heavy atom. The average Bonchev–Trinajstić information content (AvgIpc) is 2.83. The summed E-state index contributed by atoms with van der Waals surface area (Å²) < 4.78 is 0. The largest absolute Gasteiger partial charge is 0.370 e. The van der Waals surface area contributed by atoms with Gasteiger partial charge in [0, 0.05) is 28.6 Å². The van der Waals surface area contributed by atoms with E-state index in [2.05, 4.69) is 83.7 Å². The molecule has 1 aliphatic carbocycles. The van der Waals surface area contributed by atoms with Crippen molar-refractivity contribution in [1.82, 2.24) is 5.32 Å². The number of nitrogens with one attached hydrogen (secondary N) is 1. The van der Waals surface area contributed by atoms with Gasteiger partial charge in [-0.2, -0.15) is 0 Å². The van der Waals surface area contributed by atoms with Gasteiger partial charge < -0.3 is 5.32 Å². The Hall–Kier alpha value is -1.26. The molecule has 2 aliphatic rings. The summed E-state index contributed by atoms with van der Waals surface area (Å²) >= 11 is 5.86. The van der Waals surface area contributed by atoms with Crippen molar-refractivity contribution in [3.8, 4) is 0 Å². The maximum Gasteiger partial charge on any atom is 0.124 e. The van der Waals surface area contributed by atoms with E-state index in [0.717, 1.165) is 50.4 Å². The zero-order valence-electron chi connectivity index (χ0n) is 21.0. The summed E-state index contributed by atoms with van der Waals surface area (Å²) in [5.74, 6) is 2.68. The van der Waals surface area contributed by atoms with Gasteiger partial charge in [0.05, 0.1) is 0 Å². The minimum absolute atomic E-state index is 0.419. The van der Waals surface area contributed by atoms with E-state index in [9.17, 15) is 0 Å². The summed E-state index contributed by atoms with van der Waals surface area (Å²) in [6.45, 7) is 14.4. The summed E-state index contributed by atoms with van der Waals surface area (Å²) in [6, 6.07) is 8.73. The zero-order valence-corrected chi connectivity index (χ0v) is 23.4. The molecule has 2 atom stereocenters. The van der Waals surface area contributed by atoms with Gasteiger partial charge in [-0.15, -0.1) is 11.8 Å². The molecule has 32 heavy (non-hydrogen) atoms. The van der Waals surface area contributed by atoms with E-state index in [4.69, 9.17) is 4.99 Å². The van der Waals surface area contributed by atoms with Crippen LogP contribution in [0.15, 0.2) is 59.1 Å². The topological polar surface area (TPSA) is 24.4 Å². The molecule has 1 aromatic carbocycles. The highest BCUT2D eigenvalue weighted by molar-refractivity contribution is 9.09. The number of aryl methyl sites for hydroxylation is 1. The van der Waals surface area contributed by atoms with Crippen LogP contribution in [0.5, 0.6) is 0 Å². The van der Waals surface area contributed by atoms with Gasteiger partial charge in [-0.05, 0) is 55.2 Å². The second-order valence-electron chi connectivity index (χ2n) is 7.39. The van der Waals surface area contributed by atoms with Crippen LogP contribution < -0.4 is 5.32 Å². The fourth-order valence-corrected chi connectivity index (χ4v) is 5.74. The summed E-state index contributed by atoms with van der Waals surface area (Å²) in [5.41, 5.74) is 4.12. The lowest BCUT2D eigenvalue weighted by Crippen LogP contribution is -2.34. The van der Waals surface area contributed by atoms with Gasteiger partial charge in [0.15, 0.2) is 0 Å². The predicted molar refractivity (Wildman–Crippen MR) is 152 cm³/mol. The van der Waals surface area contributed by atoms with Gasteiger partial charge in [-0.25, -0.2) is 0 Å². The first-order valence-corrected chi connectivity index (χ1v) is 14.3. The van der Waals surface area contributed by atoms with Crippen molar-refractivity contribution in [3.05, 3.63) is 65.3 Å². The number of thioether (sulfide) groups is 1. The van der Waals surface area contributed by atoms with E-state index >= 15 is 0 Å². The molecule has 1 N–H and O–H groups in total. The van der Waals surface area contributed by atoms with Crippen LogP contribution in [0, 0.1) is 12.8 Å². The standard InChI is InChI=1S/C24H31BrN2S.2C2H6/c1-3-9-23(21-12-6-4-10-18(21)2)28-17-19-16-20(25)11-5-7-13-22(19)24-26-14-8-15-27-24;2*1-2/h4-6,9-13,19-20H,3,7-8,14-17H2,1-2H3,(H,26,27);2*1-2H3/b11-5-,22-13+,23-9+;;. The predicted octanol–water partition coefficient (Wildman–Crippen LogP) is 8.58. The Labute approximate surface area is 210 Å². The van der Waals surface area contributed by atoms with Gasteiger partial charge in [-0.1, -0.05) is 99.1 Å². The second-order valence-corrected chi connectivity index (χ2v) is 9.62. The van der Waals surface area contributed by atoms with Gasteiger partial charge in [0.25, 0.3) is 0 Å². The number of benzene rings is 1. The number of nitrogens with zero attached hydrogens (tertiary/aromatic N) is 1. The Balaban J connectivity index is 0.00000121. The molecule has 0 amide bonds. The molecule has 1 aromatic rings. The minimum Gasteiger partial charge on any atom is -0.370 e. The lowest BCUT2D eigenvalue weighted by atomic mass is 9.91. The molecule has 0 bridgehead atoms. The molecule has 3 rings (SSSR count). The SMILES string of the molecule is CC.CC.CC/C=C(/SCC1CC(Br)/C=C\C/C=C\1C1=NCCCN1)c1ccccc1C. The molecule has 1 aliphatic heterocycles. The molecule has 0 aromatic heterocycles. The molecule has 0 saturated carbocycles. The maximum atomic E-state index is 4.81. The van der Waals surface area contributed by atoms with Gasteiger partial charge in [0.2, 0.25) is 0 Å². The summed E-state index contributed by atoms with van der Waals surface area (Å²) in [4.78, 5) is 6.63.